The van der Waals surface area contributed by atoms with Gasteiger partial charge in [-0.3, -0.25) is 19.4 Å². The van der Waals surface area contributed by atoms with E-state index in [2.05, 4.69) is 21.0 Å². The van der Waals surface area contributed by atoms with Crippen molar-refractivity contribution in [3.63, 3.8) is 0 Å². The molecule has 1 aliphatic carbocycles. The van der Waals surface area contributed by atoms with Crippen molar-refractivity contribution in [3.8, 4) is 0 Å². The Morgan fingerprint density at radius 1 is 1.35 bits per heavy atom. The summed E-state index contributed by atoms with van der Waals surface area (Å²) in [6.45, 7) is 4.85. The Morgan fingerprint density at radius 2 is 2.13 bits per heavy atom. The maximum absolute atomic E-state index is 13.1. The van der Waals surface area contributed by atoms with Gasteiger partial charge in [0.15, 0.2) is 5.57 Å². The summed E-state index contributed by atoms with van der Waals surface area (Å²) in [6, 6.07) is 3.71. The summed E-state index contributed by atoms with van der Waals surface area (Å²) in [7, 11) is 0. The molecule has 4 N–H and O–H groups in total. The average Bonchev–Trinajstić information content (AvgIpc) is 3.43. The molecule has 2 aliphatic heterocycles. The quantitative estimate of drug-likeness (QED) is 0.451. The predicted molar refractivity (Wildman–Crippen MR) is 111 cm³/mol. The van der Waals surface area contributed by atoms with Crippen molar-refractivity contribution in [1.82, 2.24) is 31.0 Å². The average molecular weight is 428 g/mol. The first-order chi connectivity index (χ1) is 14.9. The van der Waals surface area contributed by atoms with Gasteiger partial charge in [0.05, 0.1) is 5.92 Å². The van der Waals surface area contributed by atoms with Crippen molar-refractivity contribution >= 4 is 17.7 Å². The maximum Gasteiger partial charge on any atom is 0.280 e. The van der Waals surface area contributed by atoms with E-state index in [1.54, 1.807) is 23.4 Å². The van der Waals surface area contributed by atoms with Crippen LogP contribution in [0.1, 0.15) is 32.3 Å². The number of aliphatic hydroxyl groups excluding tert-OH is 1. The molecule has 1 saturated carbocycles. The van der Waals surface area contributed by atoms with E-state index in [0.29, 0.717) is 13.1 Å². The van der Waals surface area contributed by atoms with Gasteiger partial charge in [-0.1, -0.05) is 19.9 Å². The molecule has 3 aliphatic rings. The number of pyridine rings is 1. The van der Waals surface area contributed by atoms with E-state index in [1.807, 2.05) is 19.9 Å². The number of nitrogens with zero attached hydrogens (tertiary/aromatic N) is 3. The third-order valence-corrected chi connectivity index (χ3v) is 5.58. The van der Waals surface area contributed by atoms with Gasteiger partial charge in [0, 0.05) is 38.1 Å². The predicted octanol–water partition coefficient (Wildman–Crippen LogP) is 0.00670. The molecule has 0 aromatic carbocycles. The van der Waals surface area contributed by atoms with Gasteiger partial charge in [-0.2, -0.15) is 0 Å². The zero-order valence-electron chi connectivity index (χ0n) is 17.7. The second kappa shape index (κ2) is 8.54. The van der Waals surface area contributed by atoms with Gasteiger partial charge in [-0.25, -0.2) is 10.4 Å². The molecule has 1 aromatic heterocycles. The Hall–Kier alpha value is -3.14. The lowest BCUT2D eigenvalue weighted by atomic mass is 10.0. The Kier molecular flexibility index (Phi) is 5.81. The summed E-state index contributed by atoms with van der Waals surface area (Å²) in [5.41, 5.74) is 3.53. The lowest BCUT2D eigenvalue weighted by Crippen LogP contribution is -2.60. The first kappa shape index (κ1) is 21.1. The van der Waals surface area contributed by atoms with Crippen molar-refractivity contribution in [1.29, 1.82) is 0 Å². The molecule has 2 atom stereocenters. The Labute approximate surface area is 180 Å². The molecule has 2 unspecified atom stereocenters. The summed E-state index contributed by atoms with van der Waals surface area (Å²) in [5, 5.41) is 17.9. The van der Waals surface area contributed by atoms with Crippen molar-refractivity contribution < 1.29 is 19.5 Å². The number of fused-ring (bicyclic) bond motifs is 1. The molecule has 10 heteroatoms. The van der Waals surface area contributed by atoms with Gasteiger partial charge >= 0.3 is 0 Å². The number of nitrogens with one attached hydrogen (secondary N) is 3. The van der Waals surface area contributed by atoms with Gasteiger partial charge < -0.3 is 20.6 Å². The molecule has 4 rings (SSSR count). The number of aliphatic hydroxyl groups is 1. The highest BCUT2D eigenvalue weighted by Gasteiger charge is 2.51. The van der Waals surface area contributed by atoms with Gasteiger partial charge in [0.25, 0.3) is 11.8 Å². The highest BCUT2D eigenvalue weighted by atomic mass is 16.3. The minimum absolute atomic E-state index is 0.0504. The molecule has 10 nitrogen and oxygen atoms in total. The van der Waals surface area contributed by atoms with Gasteiger partial charge in [0.2, 0.25) is 11.8 Å². The van der Waals surface area contributed by atoms with Gasteiger partial charge in [0.1, 0.15) is 6.17 Å². The van der Waals surface area contributed by atoms with Crippen LogP contribution in [0.5, 0.6) is 0 Å². The van der Waals surface area contributed by atoms with E-state index < -0.39 is 23.9 Å². The fourth-order valence-corrected chi connectivity index (χ4v) is 3.93. The zero-order valence-corrected chi connectivity index (χ0v) is 17.7. The van der Waals surface area contributed by atoms with E-state index in [1.165, 1.54) is 5.01 Å². The van der Waals surface area contributed by atoms with Crippen molar-refractivity contribution in [2.24, 2.45) is 11.8 Å². The first-order valence-corrected chi connectivity index (χ1v) is 10.6. The summed E-state index contributed by atoms with van der Waals surface area (Å²) in [4.78, 5) is 44.3. The topological polar surface area (TPSA) is 127 Å². The number of carbonyl (C=O) groups excluding carboxylic acids is 3. The minimum atomic E-state index is -0.721. The highest BCUT2D eigenvalue weighted by Crippen LogP contribution is 2.32. The molecule has 1 saturated heterocycles. The van der Waals surface area contributed by atoms with E-state index in [9.17, 15) is 19.5 Å². The van der Waals surface area contributed by atoms with Crippen LogP contribution in [0.4, 0.5) is 0 Å². The molecule has 3 heterocycles. The van der Waals surface area contributed by atoms with Crippen LogP contribution in [0, 0.1) is 11.8 Å². The Balaban J connectivity index is 1.56. The molecule has 2 fully saturated rings. The lowest BCUT2D eigenvalue weighted by Gasteiger charge is -2.42. The fourth-order valence-electron chi connectivity index (χ4n) is 3.93. The van der Waals surface area contributed by atoms with Crippen LogP contribution in [0.15, 0.2) is 36.0 Å². The van der Waals surface area contributed by atoms with Crippen molar-refractivity contribution in [2.45, 2.75) is 45.4 Å². The number of hydrazine groups is 1. The van der Waals surface area contributed by atoms with Crippen LogP contribution in [0.3, 0.4) is 0 Å². The molecular formula is C21H28N6O4. The van der Waals surface area contributed by atoms with Crippen LogP contribution in [-0.2, 0) is 20.9 Å². The molecule has 31 heavy (non-hydrogen) atoms. The standard InChI is InChI=1S/C21H28N6O4/c1-12(2)11-26-19-15(17(28)23-9-13-4-3-7-22-8-13)10-24-27(19)21(31)16(20(26)30)18(29)25-14-5-6-14/h3-4,7-8,12,14-15,19,24,30H,5-6,9-11H2,1-2H3,(H,23,28)(H,25,29). The zero-order chi connectivity index (χ0) is 22.1. The van der Waals surface area contributed by atoms with Crippen LogP contribution in [0.2, 0.25) is 0 Å². The second-order valence-corrected chi connectivity index (χ2v) is 8.63. The molecule has 0 radical (unpaired) electrons. The number of hydrogen-bond donors (Lipinski definition) is 4. The highest BCUT2D eigenvalue weighted by molar-refractivity contribution is 6.19. The first-order valence-electron chi connectivity index (χ1n) is 10.6. The summed E-state index contributed by atoms with van der Waals surface area (Å²) < 4.78 is 0. The fraction of sp³-hybridized carbons (Fsp3) is 0.524. The number of rotatable bonds is 7. The molecule has 0 bridgehead atoms. The van der Waals surface area contributed by atoms with Crippen LogP contribution < -0.4 is 16.1 Å². The monoisotopic (exact) mass is 428 g/mol. The molecule has 166 valence electrons. The Bertz CT molecular complexity index is 898. The van der Waals surface area contributed by atoms with Crippen LogP contribution >= 0.6 is 0 Å². The normalized spacial score (nSPS) is 23.3. The van der Waals surface area contributed by atoms with Crippen molar-refractivity contribution in [2.75, 3.05) is 13.1 Å². The summed E-state index contributed by atoms with van der Waals surface area (Å²) in [5.74, 6) is -2.30. The molecule has 1 aromatic rings. The van der Waals surface area contributed by atoms with Gasteiger partial charge in [-0.15, -0.1) is 0 Å². The summed E-state index contributed by atoms with van der Waals surface area (Å²) in [6.07, 6.45) is 4.35. The van der Waals surface area contributed by atoms with Crippen molar-refractivity contribution in [3.05, 3.63) is 41.5 Å². The maximum atomic E-state index is 13.1. The molecule has 0 spiro atoms. The molecule has 3 amide bonds. The third kappa shape index (κ3) is 4.34. The van der Waals surface area contributed by atoms with Gasteiger partial charge in [-0.05, 0) is 30.4 Å². The van der Waals surface area contributed by atoms with Crippen LogP contribution in [-0.4, -0.2) is 63.0 Å². The van der Waals surface area contributed by atoms with E-state index in [4.69, 9.17) is 0 Å². The lowest BCUT2D eigenvalue weighted by molar-refractivity contribution is -0.144. The Morgan fingerprint density at radius 3 is 2.77 bits per heavy atom. The number of aromatic nitrogens is 1. The number of hydrogen-bond acceptors (Lipinski definition) is 7. The largest absolute Gasteiger partial charge is 0.494 e. The number of carbonyl (C=O) groups is 3. The smallest absolute Gasteiger partial charge is 0.280 e. The molecular weight excluding hydrogens is 400 g/mol. The minimum Gasteiger partial charge on any atom is -0.494 e. The third-order valence-electron chi connectivity index (χ3n) is 5.58. The van der Waals surface area contributed by atoms with E-state index in [-0.39, 0.29) is 35.9 Å². The SMILES string of the molecule is CC(C)CN1C(O)=C(C(=O)NC2CC2)C(=O)N2NCC(C(=O)NCc3cccnc3)C12. The van der Waals surface area contributed by atoms with Crippen LogP contribution in [0.25, 0.3) is 0 Å². The van der Waals surface area contributed by atoms with E-state index >= 15 is 0 Å². The number of amides is 3. The second-order valence-electron chi connectivity index (χ2n) is 8.63. The summed E-state index contributed by atoms with van der Waals surface area (Å²) >= 11 is 0. The van der Waals surface area contributed by atoms with E-state index in [0.717, 1.165) is 18.4 Å².